The fourth-order valence-corrected chi connectivity index (χ4v) is 2.18. The van der Waals surface area contributed by atoms with Crippen LogP contribution in [0.3, 0.4) is 0 Å². The standard InChI is InChI=1S/C18H20FNO2/c1-11-8-12(2)13(3)17(9-11)22-14(4)18(21)20-16-7-5-6-15(19)10-16/h5-10,14H,1-4H3,(H,20,21). The molecule has 0 spiro atoms. The maximum atomic E-state index is 13.1. The van der Waals surface area contributed by atoms with Crippen molar-refractivity contribution >= 4 is 11.6 Å². The van der Waals surface area contributed by atoms with E-state index in [0.717, 1.165) is 16.7 Å². The number of aryl methyl sites for hydroxylation is 2. The Bertz CT molecular complexity index is 697. The fourth-order valence-electron chi connectivity index (χ4n) is 2.18. The van der Waals surface area contributed by atoms with Crippen LogP contribution in [0.2, 0.25) is 0 Å². The third kappa shape index (κ3) is 3.85. The third-order valence-electron chi connectivity index (χ3n) is 3.53. The van der Waals surface area contributed by atoms with Crippen LogP contribution in [0, 0.1) is 26.6 Å². The van der Waals surface area contributed by atoms with Gasteiger partial charge in [-0.2, -0.15) is 0 Å². The number of rotatable bonds is 4. The first kappa shape index (κ1) is 16.0. The third-order valence-corrected chi connectivity index (χ3v) is 3.53. The normalized spacial score (nSPS) is 11.9. The zero-order valence-electron chi connectivity index (χ0n) is 13.2. The molecule has 0 fully saturated rings. The van der Waals surface area contributed by atoms with E-state index in [9.17, 15) is 9.18 Å². The molecule has 0 saturated carbocycles. The fraction of sp³-hybridized carbons (Fsp3) is 0.278. The summed E-state index contributed by atoms with van der Waals surface area (Å²) >= 11 is 0. The van der Waals surface area contributed by atoms with E-state index in [0.29, 0.717) is 11.4 Å². The summed E-state index contributed by atoms with van der Waals surface area (Å²) in [5.41, 5.74) is 3.62. The molecule has 0 aromatic heterocycles. The Morgan fingerprint density at radius 1 is 1.18 bits per heavy atom. The molecule has 0 radical (unpaired) electrons. The van der Waals surface area contributed by atoms with Gasteiger partial charge >= 0.3 is 0 Å². The van der Waals surface area contributed by atoms with Crippen LogP contribution in [0.1, 0.15) is 23.6 Å². The van der Waals surface area contributed by atoms with E-state index >= 15 is 0 Å². The van der Waals surface area contributed by atoms with Crippen molar-refractivity contribution in [3.8, 4) is 5.75 Å². The minimum absolute atomic E-state index is 0.316. The first-order chi connectivity index (χ1) is 10.4. The van der Waals surface area contributed by atoms with Gasteiger partial charge in [0.2, 0.25) is 0 Å². The number of carbonyl (C=O) groups is 1. The van der Waals surface area contributed by atoms with Gasteiger partial charge in [-0.3, -0.25) is 4.79 Å². The molecule has 116 valence electrons. The predicted octanol–water partition coefficient (Wildman–Crippen LogP) is 4.16. The van der Waals surface area contributed by atoms with Gasteiger partial charge in [-0.15, -0.1) is 0 Å². The molecule has 0 aliphatic carbocycles. The number of hydrogen-bond donors (Lipinski definition) is 1. The molecule has 1 unspecified atom stereocenters. The van der Waals surface area contributed by atoms with Crippen molar-refractivity contribution < 1.29 is 13.9 Å². The Morgan fingerprint density at radius 3 is 2.59 bits per heavy atom. The molecular weight excluding hydrogens is 281 g/mol. The van der Waals surface area contributed by atoms with Crippen LogP contribution in [0.4, 0.5) is 10.1 Å². The van der Waals surface area contributed by atoms with E-state index < -0.39 is 11.9 Å². The van der Waals surface area contributed by atoms with Gasteiger partial charge in [-0.25, -0.2) is 4.39 Å². The lowest BCUT2D eigenvalue weighted by Crippen LogP contribution is -2.30. The van der Waals surface area contributed by atoms with E-state index in [1.54, 1.807) is 19.1 Å². The minimum atomic E-state index is -0.678. The minimum Gasteiger partial charge on any atom is -0.481 e. The van der Waals surface area contributed by atoms with Crippen molar-refractivity contribution in [3.05, 3.63) is 58.9 Å². The second-order valence-electron chi connectivity index (χ2n) is 5.46. The highest BCUT2D eigenvalue weighted by Crippen LogP contribution is 2.24. The van der Waals surface area contributed by atoms with Crippen molar-refractivity contribution in [3.63, 3.8) is 0 Å². The topological polar surface area (TPSA) is 38.3 Å². The van der Waals surface area contributed by atoms with Gasteiger partial charge in [0.25, 0.3) is 5.91 Å². The molecule has 1 amide bonds. The molecule has 2 rings (SSSR count). The molecule has 4 heteroatoms. The highest BCUT2D eigenvalue weighted by atomic mass is 19.1. The lowest BCUT2D eigenvalue weighted by Gasteiger charge is -2.18. The van der Waals surface area contributed by atoms with Crippen molar-refractivity contribution in [2.75, 3.05) is 5.32 Å². The summed E-state index contributed by atoms with van der Waals surface area (Å²) in [4.78, 5) is 12.2. The second kappa shape index (κ2) is 6.60. The van der Waals surface area contributed by atoms with E-state index in [-0.39, 0.29) is 5.91 Å². The van der Waals surface area contributed by atoms with Crippen LogP contribution in [0.5, 0.6) is 5.75 Å². The monoisotopic (exact) mass is 301 g/mol. The van der Waals surface area contributed by atoms with E-state index in [2.05, 4.69) is 11.4 Å². The Kier molecular flexibility index (Phi) is 4.81. The maximum absolute atomic E-state index is 13.1. The summed E-state index contributed by atoms with van der Waals surface area (Å²) < 4.78 is 18.9. The van der Waals surface area contributed by atoms with Gasteiger partial charge in [0.05, 0.1) is 0 Å². The van der Waals surface area contributed by atoms with Gasteiger partial charge in [0.1, 0.15) is 11.6 Å². The van der Waals surface area contributed by atoms with Crippen LogP contribution < -0.4 is 10.1 Å². The van der Waals surface area contributed by atoms with Crippen LogP contribution in [-0.4, -0.2) is 12.0 Å². The molecule has 0 aliphatic rings. The van der Waals surface area contributed by atoms with E-state index in [1.165, 1.54) is 12.1 Å². The molecule has 1 atom stereocenters. The van der Waals surface area contributed by atoms with Crippen LogP contribution in [0.15, 0.2) is 36.4 Å². The molecule has 0 heterocycles. The number of carbonyl (C=O) groups excluding carboxylic acids is 1. The largest absolute Gasteiger partial charge is 0.481 e. The second-order valence-corrected chi connectivity index (χ2v) is 5.46. The average Bonchev–Trinajstić information content (AvgIpc) is 2.44. The molecule has 22 heavy (non-hydrogen) atoms. The van der Waals surface area contributed by atoms with Crippen molar-refractivity contribution in [1.82, 2.24) is 0 Å². The molecule has 3 nitrogen and oxygen atoms in total. The van der Waals surface area contributed by atoms with Crippen molar-refractivity contribution in [2.24, 2.45) is 0 Å². The van der Waals surface area contributed by atoms with Gasteiger partial charge in [-0.05, 0) is 68.7 Å². The van der Waals surface area contributed by atoms with Crippen molar-refractivity contribution in [1.29, 1.82) is 0 Å². The molecular formula is C18H20FNO2. The first-order valence-electron chi connectivity index (χ1n) is 7.18. The molecule has 0 saturated heterocycles. The lowest BCUT2D eigenvalue weighted by molar-refractivity contribution is -0.122. The summed E-state index contributed by atoms with van der Waals surface area (Å²) in [6.07, 6.45) is -0.678. The number of amides is 1. The smallest absolute Gasteiger partial charge is 0.265 e. The first-order valence-corrected chi connectivity index (χ1v) is 7.18. The Morgan fingerprint density at radius 2 is 1.91 bits per heavy atom. The number of benzene rings is 2. The summed E-state index contributed by atoms with van der Waals surface area (Å²) in [5, 5.41) is 2.65. The summed E-state index contributed by atoms with van der Waals surface area (Å²) in [7, 11) is 0. The number of anilines is 1. The quantitative estimate of drug-likeness (QED) is 0.921. The number of nitrogens with one attached hydrogen (secondary N) is 1. The lowest BCUT2D eigenvalue weighted by atomic mass is 10.1. The average molecular weight is 301 g/mol. The number of hydrogen-bond acceptors (Lipinski definition) is 2. The highest BCUT2D eigenvalue weighted by molar-refractivity contribution is 5.94. The number of halogens is 1. The molecule has 1 N–H and O–H groups in total. The van der Waals surface area contributed by atoms with E-state index in [4.69, 9.17) is 4.74 Å². The van der Waals surface area contributed by atoms with Gasteiger partial charge in [-0.1, -0.05) is 12.1 Å². The summed E-state index contributed by atoms with van der Waals surface area (Å²) in [6.45, 7) is 7.62. The Balaban J connectivity index is 2.09. The summed E-state index contributed by atoms with van der Waals surface area (Å²) in [5.74, 6) is -0.0138. The zero-order chi connectivity index (χ0) is 16.3. The van der Waals surface area contributed by atoms with Gasteiger partial charge in [0.15, 0.2) is 6.10 Å². The van der Waals surface area contributed by atoms with Crippen molar-refractivity contribution in [2.45, 2.75) is 33.8 Å². The molecule has 0 bridgehead atoms. The van der Waals surface area contributed by atoms with Crippen LogP contribution in [0.25, 0.3) is 0 Å². The Labute approximate surface area is 130 Å². The van der Waals surface area contributed by atoms with Crippen LogP contribution >= 0.6 is 0 Å². The SMILES string of the molecule is Cc1cc(C)c(C)c(OC(C)C(=O)Nc2cccc(F)c2)c1. The number of ether oxygens (including phenoxy) is 1. The van der Waals surface area contributed by atoms with Gasteiger partial charge < -0.3 is 10.1 Å². The zero-order valence-corrected chi connectivity index (χ0v) is 13.2. The highest BCUT2D eigenvalue weighted by Gasteiger charge is 2.16. The van der Waals surface area contributed by atoms with E-state index in [1.807, 2.05) is 26.8 Å². The van der Waals surface area contributed by atoms with Crippen LogP contribution in [-0.2, 0) is 4.79 Å². The van der Waals surface area contributed by atoms with Gasteiger partial charge in [0, 0.05) is 5.69 Å². The molecule has 2 aromatic carbocycles. The Hall–Kier alpha value is -2.36. The maximum Gasteiger partial charge on any atom is 0.265 e. The summed E-state index contributed by atoms with van der Waals surface area (Å²) in [6, 6.07) is 9.76. The predicted molar refractivity (Wildman–Crippen MR) is 85.8 cm³/mol. The molecule has 2 aromatic rings. The molecule has 0 aliphatic heterocycles.